The van der Waals surface area contributed by atoms with E-state index in [0.717, 1.165) is 0 Å². The number of ether oxygens (including phenoxy) is 1. The number of hydrogen-bond acceptors (Lipinski definition) is 6. The fraction of sp³-hybridized carbons (Fsp3) is 0.600. The zero-order chi connectivity index (χ0) is 18.1. The van der Waals surface area contributed by atoms with Gasteiger partial charge in [0.1, 0.15) is 18.8 Å². The predicted octanol–water partition coefficient (Wildman–Crippen LogP) is 1.15. The maximum atomic E-state index is 12.2. The van der Waals surface area contributed by atoms with Crippen molar-refractivity contribution < 1.29 is 23.6 Å². The van der Waals surface area contributed by atoms with Crippen molar-refractivity contribution in [2.75, 3.05) is 31.6 Å². The number of aromatic nitrogens is 1. The van der Waals surface area contributed by atoms with Crippen LogP contribution in [-0.4, -0.2) is 54.2 Å². The van der Waals surface area contributed by atoms with Crippen LogP contribution in [0.4, 0.5) is 10.6 Å². The van der Waals surface area contributed by atoms with Gasteiger partial charge in [-0.3, -0.25) is 9.59 Å². The summed E-state index contributed by atoms with van der Waals surface area (Å²) in [6.45, 7) is 7.42. The van der Waals surface area contributed by atoms with E-state index in [1.807, 2.05) is 13.8 Å². The Kier molecular flexibility index (Phi) is 7.73. The molecule has 134 valence electrons. The highest BCUT2D eigenvalue weighted by Crippen LogP contribution is 2.07. The highest BCUT2D eigenvalue weighted by Gasteiger charge is 2.19. The van der Waals surface area contributed by atoms with Gasteiger partial charge in [-0.2, -0.15) is 0 Å². The summed E-state index contributed by atoms with van der Waals surface area (Å²) in [5, 5.41) is 8.66. The van der Waals surface area contributed by atoms with Crippen LogP contribution in [0.15, 0.2) is 10.6 Å². The zero-order valence-corrected chi connectivity index (χ0v) is 14.4. The smallest absolute Gasteiger partial charge is 0.325 e. The number of nitrogens with zero attached hydrogens (tertiary/aromatic N) is 2. The number of amides is 3. The molecule has 0 atom stereocenters. The summed E-state index contributed by atoms with van der Waals surface area (Å²) in [5.41, 5.74) is 0. The first kappa shape index (κ1) is 19.5. The topological polar surface area (TPSA) is 114 Å². The van der Waals surface area contributed by atoms with Crippen molar-refractivity contribution in [2.45, 2.75) is 27.7 Å². The van der Waals surface area contributed by atoms with Crippen LogP contribution in [0.1, 0.15) is 26.5 Å². The van der Waals surface area contributed by atoms with Gasteiger partial charge in [-0.1, -0.05) is 19.0 Å². The molecule has 1 heterocycles. The first-order chi connectivity index (χ1) is 11.3. The molecule has 0 aliphatic heterocycles. The Labute approximate surface area is 140 Å². The normalized spacial score (nSPS) is 10.4. The van der Waals surface area contributed by atoms with Gasteiger partial charge in [0.05, 0.1) is 6.61 Å². The minimum Gasteiger partial charge on any atom is -0.465 e. The van der Waals surface area contributed by atoms with E-state index in [2.05, 4.69) is 15.8 Å². The Morgan fingerprint density at radius 1 is 1.38 bits per heavy atom. The van der Waals surface area contributed by atoms with E-state index in [0.29, 0.717) is 12.3 Å². The largest absolute Gasteiger partial charge is 0.465 e. The van der Waals surface area contributed by atoms with Gasteiger partial charge in [-0.25, -0.2) is 4.79 Å². The maximum absolute atomic E-state index is 12.2. The number of rotatable bonds is 8. The van der Waals surface area contributed by atoms with Crippen molar-refractivity contribution in [1.82, 2.24) is 15.4 Å². The van der Waals surface area contributed by atoms with Crippen molar-refractivity contribution in [1.29, 1.82) is 0 Å². The van der Waals surface area contributed by atoms with E-state index in [1.54, 1.807) is 19.9 Å². The number of urea groups is 1. The van der Waals surface area contributed by atoms with Crippen LogP contribution >= 0.6 is 0 Å². The number of nitrogens with one attached hydrogen (secondary N) is 2. The van der Waals surface area contributed by atoms with Gasteiger partial charge >= 0.3 is 12.0 Å². The van der Waals surface area contributed by atoms with Crippen LogP contribution in [0.3, 0.4) is 0 Å². The third-order valence-corrected chi connectivity index (χ3v) is 2.79. The van der Waals surface area contributed by atoms with Crippen LogP contribution in [0.2, 0.25) is 0 Å². The van der Waals surface area contributed by atoms with Gasteiger partial charge in [0.15, 0.2) is 5.82 Å². The fourth-order valence-electron chi connectivity index (χ4n) is 1.91. The molecule has 0 aliphatic rings. The lowest BCUT2D eigenvalue weighted by Gasteiger charge is -2.24. The number of esters is 1. The molecule has 3 amide bonds. The van der Waals surface area contributed by atoms with Gasteiger partial charge in [-0.05, 0) is 19.8 Å². The summed E-state index contributed by atoms with van der Waals surface area (Å²) in [6.07, 6.45) is 0. The maximum Gasteiger partial charge on any atom is 0.325 e. The van der Waals surface area contributed by atoms with E-state index in [4.69, 9.17) is 9.26 Å². The lowest BCUT2D eigenvalue weighted by Crippen LogP contribution is -2.47. The molecule has 1 rings (SSSR count). The van der Waals surface area contributed by atoms with Crippen molar-refractivity contribution in [2.24, 2.45) is 5.92 Å². The third-order valence-electron chi connectivity index (χ3n) is 2.79. The van der Waals surface area contributed by atoms with Crippen molar-refractivity contribution in [3.63, 3.8) is 0 Å². The number of carbonyl (C=O) groups is 3. The summed E-state index contributed by atoms with van der Waals surface area (Å²) in [5.74, 6) is 0.0685. The fourth-order valence-corrected chi connectivity index (χ4v) is 1.91. The molecular formula is C15H24N4O5. The summed E-state index contributed by atoms with van der Waals surface area (Å²) >= 11 is 0. The molecule has 0 unspecified atom stereocenters. The molecular weight excluding hydrogens is 316 g/mol. The van der Waals surface area contributed by atoms with E-state index in [1.165, 1.54) is 4.90 Å². The second kappa shape index (κ2) is 9.53. The lowest BCUT2D eigenvalue weighted by atomic mass is 10.2. The first-order valence-corrected chi connectivity index (χ1v) is 7.73. The molecule has 2 N–H and O–H groups in total. The Morgan fingerprint density at radius 3 is 2.62 bits per heavy atom. The summed E-state index contributed by atoms with van der Waals surface area (Å²) in [7, 11) is 0. The molecule has 0 saturated heterocycles. The molecule has 0 bridgehead atoms. The Balaban J connectivity index is 2.58. The average molecular weight is 340 g/mol. The molecule has 1 aromatic heterocycles. The SMILES string of the molecule is CCOC(=O)CNC(=O)N(CC(=O)Nc1cc(C)on1)CC(C)C. The molecule has 9 heteroatoms. The monoisotopic (exact) mass is 340 g/mol. The average Bonchev–Trinajstić information content (AvgIpc) is 2.89. The quantitative estimate of drug-likeness (QED) is 0.686. The van der Waals surface area contributed by atoms with Gasteiger partial charge in [0.25, 0.3) is 0 Å². The minimum atomic E-state index is -0.530. The second-order valence-corrected chi connectivity index (χ2v) is 5.61. The molecule has 0 radical (unpaired) electrons. The lowest BCUT2D eigenvalue weighted by molar-refractivity contribution is -0.141. The van der Waals surface area contributed by atoms with E-state index >= 15 is 0 Å². The third kappa shape index (κ3) is 7.12. The number of hydrogen-bond donors (Lipinski definition) is 2. The highest BCUT2D eigenvalue weighted by atomic mass is 16.5. The molecule has 9 nitrogen and oxygen atoms in total. The van der Waals surface area contributed by atoms with E-state index < -0.39 is 17.9 Å². The molecule has 0 spiro atoms. The molecule has 0 aliphatic carbocycles. The van der Waals surface area contributed by atoms with Crippen molar-refractivity contribution >= 4 is 23.7 Å². The van der Waals surface area contributed by atoms with Gasteiger partial charge in [0, 0.05) is 12.6 Å². The predicted molar refractivity (Wildman–Crippen MR) is 86.3 cm³/mol. The second-order valence-electron chi connectivity index (χ2n) is 5.61. The molecule has 0 aromatic carbocycles. The number of aryl methyl sites for hydroxylation is 1. The standard InChI is InChI=1S/C15H24N4O5/c1-5-23-14(21)7-16-15(22)19(8-10(2)3)9-13(20)17-12-6-11(4)24-18-12/h6,10H,5,7-9H2,1-4H3,(H,16,22)(H,17,18,20). The minimum absolute atomic E-state index is 0.153. The summed E-state index contributed by atoms with van der Waals surface area (Å²) < 4.78 is 9.61. The Morgan fingerprint density at radius 2 is 2.08 bits per heavy atom. The van der Waals surface area contributed by atoms with Crippen LogP contribution in [0, 0.1) is 12.8 Å². The van der Waals surface area contributed by atoms with Crippen molar-refractivity contribution in [3.8, 4) is 0 Å². The van der Waals surface area contributed by atoms with Crippen LogP contribution in [0.5, 0.6) is 0 Å². The molecule has 1 aromatic rings. The van der Waals surface area contributed by atoms with Gasteiger partial charge < -0.3 is 24.8 Å². The molecule has 0 fully saturated rings. The summed E-state index contributed by atoms with van der Waals surface area (Å²) in [4.78, 5) is 36.9. The Hall–Kier alpha value is -2.58. The van der Waals surface area contributed by atoms with Gasteiger partial charge in [0.2, 0.25) is 5.91 Å². The van der Waals surface area contributed by atoms with Crippen LogP contribution < -0.4 is 10.6 Å². The zero-order valence-electron chi connectivity index (χ0n) is 14.4. The molecule has 0 saturated carbocycles. The van der Waals surface area contributed by atoms with E-state index in [-0.39, 0.29) is 31.4 Å². The highest BCUT2D eigenvalue weighted by molar-refractivity contribution is 5.93. The van der Waals surface area contributed by atoms with E-state index in [9.17, 15) is 14.4 Å². The number of anilines is 1. The molecule has 24 heavy (non-hydrogen) atoms. The summed E-state index contributed by atoms with van der Waals surface area (Å²) in [6, 6.07) is 1.06. The van der Waals surface area contributed by atoms with Crippen LogP contribution in [0.25, 0.3) is 0 Å². The van der Waals surface area contributed by atoms with Crippen LogP contribution in [-0.2, 0) is 14.3 Å². The Bertz CT molecular complexity index is 570. The van der Waals surface area contributed by atoms with Gasteiger partial charge in [-0.15, -0.1) is 0 Å². The number of carbonyl (C=O) groups excluding carboxylic acids is 3. The first-order valence-electron chi connectivity index (χ1n) is 7.73. The van der Waals surface area contributed by atoms with Crippen molar-refractivity contribution in [3.05, 3.63) is 11.8 Å².